The summed E-state index contributed by atoms with van der Waals surface area (Å²) < 4.78 is 0. The van der Waals surface area contributed by atoms with Crippen LogP contribution in [0.4, 0.5) is 0 Å². The van der Waals surface area contributed by atoms with Crippen molar-refractivity contribution in [1.29, 1.82) is 0 Å². The first kappa shape index (κ1) is 11.7. The Kier molecular flexibility index (Phi) is 4.14. The lowest BCUT2D eigenvalue weighted by molar-refractivity contribution is 0.155. The van der Waals surface area contributed by atoms with Crippen molar-refractivity contribution in [2.24, 2.45) is 0 Å². The summed E-state index contributed by atoms with van der Waals surface area (Å²) in [5.41, 5.74) is 0.249. The van der Waals surface area contributed by atoms with Gasteiger partial charge in [0.25, 0.3) is 0 Å². The highest BCUT2D eigenvalue weighted by molar-refractivity contribution is 4.85. The standard InChI is InChI=1S/C12H24N2/c1-5-9-14(12(2,3)4)10-8-13-11-6-7-11/h5,11,13H,1,6-10H2,2-4H3. The molecule has 0 spiro atoms. The smallest absolute Gasteiger partial charge is 0.0166 e. The van der Waals surface area contributed by atoms with Crippen LogP contribution in [-0.4, -0.2) is 36.1 Å². The van der Waals surface area contributed by atoms with Crippen molar-refractivity contribution >= 4 is 0 Å². The van der Waals surface area contributed by atoms with Crippen molar-refractivity contribution in [3.63, 3.8) is 0 Å². The summed E-state index contributed by atoms with van der Waals surface area (Å²) in [6.45, 7) is 13.8. The van der Waals surface area contributed by atoms with E-state index in [4.69, 9.17) is 0 Å². The average Bonchev–Trinajstić information content (AvgIpc) is 2.85. The van der Waals surface area contributed by atoms with Gasteiger partial charge >= 0.3 is 0 Å². The monoisotopic (exact) mass is 196 g/mol. The number of nitrogens with zero attached hydrogens (tertiary/aromatic N) is 1. The van der Waals surface area contributed by atoms with Crippen LogP contribution in [0.5, 0.6) is 0 Å². The largest absolute Gasteiger partial charge is 0.313 e. The van der Waals surface area contributed by atoms with E-state index in [9.17, 15) is 0 Å². The maximum Gasteiger partial charge on any atom is 0.0166 e. The van der Waals surface area contributed by atoms with E-state index in [-0.39, 0.29) is 5.54 Å². The highest BCUT2D eigenvalue weighted by Crippen LogP contribution is 2.18. The Morgan fingerprint density at radius 3 is 2.50 bits per heavy atom. The molecule has 0 bridgehead atoms. The topological polar surface area (TPSA) is 15.3 Å². The molecule has 2 nitrogen and oxygen atoms in total. The summed E-state index contributed by atoms with van der Waals surface area (Å²) >= 11 is 0. The molecular formula is C12H24N2. The second kappa shape index (κ2) is 4.94. The fourth-order valence-corrected chi connectivity index (χ4v) is 1.55. The number of hydrogen-bond acceptors (Lipinski definition) is 2. The molecule has 1 saturated carbocycles. The number of hydrogen-bond donors (Lipinski definition) is 1. The van der Waals surface area contributed by atoms with Gasteiger partial charge in [-0.3, -0.25) is 4.90 Å². The third-order valence-corrected chi connectivity index (χ3v) is 2.69. The number of nitrogens with one attached hydrogen (secondary N) is 1. The summed E-state index contributed by atoms with van der Waals surface area (Å²) in [7, 11) is 0. The van der Waals surface area contributed by atoms with Crippen molar-refractivity contribution in [2.45, 2.75) is 45.2 Å². The molecule has 0 aromatic rings. The van der Waals surface area contributed by atoms with E-state index < -0.39 is 0 Å². The zero-order chi connectivity index (χ0) is 10.6. The highest BCUT2D eigenvalue weighted by atomic mass is 15.2. The van der Waals surface area contributed by atoms with Crippen molar-refractivity contribution < 1.29 is 0 Å². The van der Waals surface area contributed by atoms with E-state index >= 15 is 0 Å². The first-order valence-electron chi connectivity index (χ1n) is 5.63. The minimum atomic E-state index is 0.249. The Bertz CT molecular complexity index is 177. The highest BCUT2D eigenvalue weighted by Gasteiger charge is 2.22. The van der Waals surface area contributed by atoms with Crippen molar-refractivity contribution in [3.05, 3.63) is 12.7 Å². The lowest BCUT2D eigenvalue weighted by Gasteiger charge is -2.34. The molecule has 1 rings (SSSR count). The molecule has 1 aliphatic rings. The molecule has 0 saturated heterocycles. The Morgan fingerprint density at radius 1 is 1.43 bits per heavy atom. The van der Waals surface area contributed by atoms with Gasteiger partial charge in [0, 0.05) is 31.2 Å². The molecule has 0 heterocycles. The van der Waals surface area contributed by atoms with Gasteiger partial charge in [-0.05, 0) is 33.6 Å². The predicted molar refractivity (Wildman–Crippen MR) is 62.5 cm³/mol. The summed E-state index contributed by atoms with van der Waals surface area (Å²) in [5.74, 6) is 0. The first-order valence-corrected chi connectivity index (χ1v) is 5.63. The van der Waals surface area contributed by atoms with E-state index in [2.05, 4.69) is 37.6 Å². The molecule has 2 heteroatoms. The summed E-state index contributed by atoms with van der Waals surface area (Å²) in [5, 5.41) is 3.54. The van der Waals surface area contributed by atoms with Crippen LogP contribution < -0.4 is 5.32 Å². The maximum atomic E-state index is 3.81. The van der Waals surface area contributed by atoms with E-state index in [0.717, 1.165) is 25.7 Å². The van der Waals surface area contributed by atoms with Gasteiger partial charge in [-0.1, -0.05) is 6.08 Å². The Balaban J connectivity index is 2.22. The van der Waals surface area contributed by atoms with Gasteiger partial charge in [0.2, 0.25) is 0 Å². The zero-order valence-corrected chi connectivity index (χ0v) is 9.84. The normalized spacial score (nSPS) is 17.4. The minimum absolute atomic E-state index is 0.249. The lowest BCUT2D eigenvalue weighted by atomic mass is 10.1. The van der Waals surface area contributed by atoms with E-state index in [1.54, 1.807) is 0 Å². The van der Waals surface area contributed by atoms with Crippen molar-refractivity contribution in [2.75, 3.05) is 19.6 Å². The summed E-state index contributed by atoms with van der Waals surface area (Å²) in [4.78, 5) is 2.45. The van der Waals surface area contributed by atoms with Crippen LogP contribution in [0.3, 0.4) is 0 Å². The van der Waals surface area contributed by atoms with Crippen molar-refractivity contribution in [1.82, 2.24) is 10.2 Å². The van der Waals surface area contributed by atoms with E-state index in [1.807, 2.05) is 6.08 Å². The molecule has 1 fully saturated rings. The van der Waals surface area contributed by atoms with Gasteiger partial charge in [-0.2, -0.15) is 0 Å². The van der Waals surface area contributed by atoms with Gasteiger partial charge in [-0.15, -0.1) is 6.58 Å². The molecule has 0 amide bonds. The Morgan fingerprint density at radius 2 is 2.07 bits per heavy atom. The molecule has 0 aromatic carbocycles. The fourth-order valence-electron chi connectivity index (χ4n) is 1.55. The Labute approximate surface area is 88.4 Å². The Hall–Kier alpha value is -0.340. The average molecular weight is 196 g/mol. The molecule has 1 aliphatic carbocycles. The predicted octanol–water partition coefficient (Wildman–Crippen LogP) is 2.02. The van der Waals surface area contributed by atoms with Crippen LogP contribution in [0.2, 0.25) is 0 Å². The lowest BCUT2D eigenvalue weighted by Crippen LogP contribution is -2.45. The van der Waals surface area contributed by atoms with Gasteiger partial charge in [0.15, 0.2) is 0 Å². The first-order chi connectivity index (χ1) is 6.54. The molecule has 0 atom stereocenters. The SMILES string of the molecule is C=CCN(CCNC1CC1)C(C)(C)C. The molecule has 14 heavy (non-hydrogen) atoms. The maximum absolute atomic E-state index is 3.81. The van der Waals surface area contributed by atoms with E-state index in [1.165, 1.54) is 12.8 Å². The van der Waals surface area contributed by atoms with Crippen LogP contribution in [0, 0.1) is 0 Å². The molecule has 0 aliphatic heterocycles. The summed E-state index contributed by atoms with van der Waals surface area (Å²) in [6, 6.07) is 0.820. The van der Waals surface area contributed by atoms with Crippen molar-refractivity contribution in [3.8, 4) is 0 Å². The van der Waals surface area contributed by atoms with E-state index in [0.29, 0.717) is 0 Å². The fraction of sp³-hybridized carbons (Fsp3) is 0.833. The quantitative estimate of drug-likeness (QED) is 0.654. The second-order valence-electron chi connectivity index (χ2n) is 5.13. The van der Waals surface area contributed by atoms with Gasteiger partial charge in [0.05, 0.1) is 0 Å². The van der Waals surface area contributed by atoms with Gasteiger partial charge in [0.1, 0.15) is 0 Å². The van der Waals surface area contributed by atoms with Crippen LogP contribution >= 0.6 is 0 Å². The van der Waals surface area contributed by atoms with Crippen LogP contribution in [0.15, 0.2) is 12.7 Å². The molecule has 82 valence electrons. The zero-order valence-electron chi connectivity index (χ0n) is 9.84. The third-order valence-electron chi connectivity index (χ3n) is 2.69. The van der Waals surface area contributed by atoms with Gasteiger partial charge < -0.3 is 5.32 Å². The molecule has 0 radical (unpaired) electrons. The third kappa shape index (κ3) is 4.25. The molecule has 1 N–H and O–H groups in total. The van der Waals surface area contributed by atoms with Crippen LogP contribution in [-0.2, 0) is 0 Å². The second-order valence-corrected chi connectivity index (χ2v) is 5.13. The van der Waals surface area contributed by atoms with Crippen LogP contribution in [0.1, 0.15) is 33.6 Å². The number of rotatable bonds is 6. The van der Waals surface area contributed by atoms with Gasteiger partial charge in [-0.25, -0.2) is 0 Å². The minimum Gasteiger partial charge on any atom is -0.313 e. The summed E-state index contributed by atoms with van der Waals surface area (Å²) in [6.07, 6.45) is 4.73. The van der Waals surface area contributed by atoms with Crippen LogP contribution in [0.25, 0.3) is 0 Å². The molecular weight excluding hydrogens is 172 g/mol. The molecule has 0 aromatic heterocycles. The molecule has 0 unspecified atom stereocenters.